The molecule has 5 aromatic heterocycles. The number of aromatic nitrogens is 6. The van der Waals surface area contributed by atoms with Crippen LogP contribution in [0.4, 0.5) is 0 Å². The zero-order valence-electron chi connectivity index (χ0n) is 26.7. The van der Waals surface area contributed by atoms with Crippen molar-refractivity contribution in [3.63, 3.8) is 0 Å². The third-order valence-electron chi connectivity index (χ3n) is 9.20. The molecule has 1 unspecified atom stereocenters. The van der Waals surface area contributed by atoms with Crippen LogP contribution in [0.15, 0.2) is 137 Å². The van der Waals surface area contributed by atoms with Crippen LogP contribution in [0.5, 0.6) is 11.5 Å². The van der Waals surface area contributed by atoms with Crippen LogP contribution >= 0.6 is 0 Å². The molecule has 1 atom stereocenters. The number of fused-ring (bicyclic) bond motifs is 5. The highest BCUT2D eigenvalue weighted by molar-refractivity contribution is 6.13. The first-order chi connectivity index (χ1) is 25.2. The lowest BCUT2D eigenvalue weighted by Crippen LogP contribution is -2.27. The molecule has 0 saturated heterocycles. The Balaban J connectivity index is 1.36. The van der Waals surface area contributed by atoms with Crippen LogP contribution < -0.4 is 15.1 Å². The number of nitrogens with zero attached hydrogens (tertiary/aromatic N) is 6. The Bertz CT molecular complexity index is 2900. The topological polar surface area (TPSA) is 126 Å². The van der Waals surface area contributed by atoms with Crippen molar-refractivity contribution in [1.82, 2.24) is 30.1 Å². The smallest absolute Gasteiger partial charge is 0.344 e. The van der Waals surface area contributed by atoms with Gasteiger partial charge in [-0.1, -0.05) is 54.6 Å². The van der Waals surface area contributed by atoms with Crippen molar-refractivity contribution in [3.05, 3.63) is 144 Å². The van der Waals surface area contributed by atoms with Gasteiger partial charge in [0.25, 0.3) is 0 Å². The largest absolute Gasteiger partial charge is 0.485 e. The second-order valence-corrected chi connectivity index (χ2v) is 12.2. The van der Waals surface area contributed by atoms with Gasteiger partial charge in [0.2, 0.25) is 0 Å². The molecule has 10 heteroatoms. The SMILES string of the molecule is O=c1oc2ccc(-c3ncc4ccccc4n3)c(-c3nncc4ccccc34)c2c(-c2ccc3cccnc3n2)c1C1COc2ccccc2O1. The molecule has 10 nitrogen and oxygen atoms in total. The maximum absolute atomic E-state index is 14.3. The van der Waals surface area contributed by atoms with E-state index in [1.54, 1.807) is 24.7 Å². The number of ether oxygens (including phenoxy) is 2. The third-order valence-corrected chi connectivity index (χ3v) is 9.20. The molecule has 4 aromatic carbocycles. The molecule has 0 aliphatic carbocycles. The van der Waals surface area contributed by atoms with Crippen molar-refractivity contribution in [2.24, 2.45) is 0 Å². The summed E-state index contributed by atoms with van der Waals surface area (Å²) >= 11 is 0. The Morgan fingerprint density at radius 1 is 0.686 bits per heavy atom. The van der Waals surface area contributed by atoms with E-state index in [0.29, 0.717) is 62.0 Å². The lowest BCUT2D eigenvalue weighted by atomic mass is 9.89. The molecule has 0 fully saturated rings. The normalized spacial score (nSPS) is 14.0. The van der Waals surface area contributed by atoms with Crippen LogP contribution in [0.3, 0.4) is 0 Å². The number of hydrogen-bond acceptors (Lipinski definition) is 10. The zero-order valence-corrected chi connectivity index (χ0v) is 26.7. The molecular weight excluding hydrogens is 640 g/mol. The molecule has 1 aliphatic heterocycles. The number of benzene rings is 4. The molecule has 1 aliphatic rings. The summed E-state index contributed by atoms with van der Waals surface area (Å²) in [5.74, 6) is 1.58. The Kier molecular flexibility index (Phi) is 6.53. The van der Waals surface area contributed by atoms with E-state index in [2.05, 4.69) is 10.1 Å². The van der Waals surface area contributed by atoms with Gasteiger partial charge in [-0.05, 0) is 54.6 Å². The highest BCUT2D eigenvalue weighted by atomic mass is 16.6. The first-order valence-corrected chi connectivity index (χ1v) is 16.4. The van der Waals surface area contributed by atoms with Gasteiger partial charge in [-0.2, -0.15) is 5.10 Å². The van der Waals surface area contributed by atoms with Crippen LogP contribution in [0.25, 0.3) is 77.6 Å². The minimum absolute atomic E-state index is 0.0724. The summed E-state index contributed by atoms with van der Waals surface area (Å²) < 4.78 is 18.8. The van der Waals surface area contributed by atoms with E-state index in [9.17, 15) is 4.79 Å². The molecule has 0 amide bonds. The Labute approximate surface area is 289 Å². The lowest BCUT2D eigenvalue weighted by molar-refractivity contribution is 0.0894. The first kappa shape index (κ1) is 28.9. The molecule has 0 N–H and O–H groups in total. The van der Waals surface area contributed by atoms with E-state index in [-0.39, 0.29) is 12.2 Å². The average molecular weight is 665 g/mol. The van der Waals surface area contributed by atoms with Crippen molar-refractivity contribution >= 4 is 43.7 Å². The summed E-state index contributed by atoms with van der Waals surface area (Å²) in [5, 5.41) is 13.2. The lowest BCUT2D eigenvalue weighted by Gasteiger charge is -2.28. The summed E-state index contributed by atoms with van der Waals surface area (Å²) in [6.45, 7) is 0.0724. The monoisotopic (exact) mass is 664 g/mol. The standard InChI is InChI=1S/C41H24N6O4/c48-41-37(33-22-49-30-13-5-6-14-31(30)50-33)35(29-17-15-23-10-7-19-42-39(23)46-29)36-32(51-41)18-16-27(40-43-20-25-9-2-4-12-28(25)45-40)34(36)38-26-11-3-1-8-24(26)21-44-47-38/h1-21,33H,22H2. The number of rotatable bonds is 4. The molecule has 6 heterocycles. The number of pyridine rings is 2. The Morgan fingerprint density at radius 3 is 2.45 bits per heavy atom. The van der Waals surface area contributed by atoms with Gasteiger partial charge in [0.15, 0.2) is 29.1 Å². The van der Waals surface area contributed by atoms with Gasteiger partial charge in [-0.15, -0.1) is 5.10 Å². The average Bonchev–Trinajstić information content (AvgIpc) is 3.19. The molecule has 9 aromatic rings. The van der Waals surface area contributed by atoms with E-state index in [0.717, 1.165) is 27.1 Å². The van der Waals surface area contributed by atoms with Gasteiger partial charge in [0.05, 0.1) is 23.0 Å². The second kappa shape index (κ2) is 11.5. The Morgan fingerprint density at radius 2 is 1.51 bits per heavy atom. The van der Waals surface area contributed by atoms with Crippen molar-refractivity contribution in [1.29, 1.82) is 0 Å². The van der Waals surface area contributed by atoms with E-state index in [4.69, 9.17) is 33.9 Å². The number of para-hydroxylation sites is 3. The van der Waals surface area contributed by atoms with Crippen molar-refractivity contribution < 1.29 is 13.9 Å². The highest BCUT2D eigenvalue weighted by Gasteiger charge is 2.33. The maximum Gasteiger partial charge on any atom is 0.344 e. The third kappa shape index (κ3) is 4.76. The summed E-state index contributed by atoms with van der Waals surface area (Å²) in [6, 6.07) is 34.4. The van der Waals surface area contributed by atoms with Crippen molar-refractivity contribution in [3.8, 4) is 45.4 Å². The minimum atomic E-state index is -0.830. The highest BCUT2D eigenvalue weighted by Crippen LogP contribution is 2.46. The quantitative estimate of drug-likeness (QED) is 0.170. The molecule has 0 saturated carbocycles. The molecule has 0 bridgehead atoms. The second-order valence-electron chi connectivity index (χ2n) is 12.2. The van der Waals surface area contributed by atoms with Gasteiger partial charge in [0, 0.05) is 56.0 Å². The van der Waals surface area contributed by atoms with Gasteiger partial charge in [-0.25, -0.2) is 24.7 Å². The van der Waals surface area contributed by atoms with Crippen LogP contribution in [-0.4, -0.2) is 36.7 Å². The predicted molar refractivity (Wildman–Crippen MR) is 193 cm³/mol. The Hall–Kier alpha value is -7.07. The van der Waals surface area contributed by atoms with E-state index >= 15 is 0 Å². The van der Waals surface area contributed by atoms with Gasteiger partial charge < -0.3 is 13.9 Å². The van der Waals surface area contributed by atoms with E-state index in [1.807, 2.05) is 103 Å². The molecule has 0 radical (unpaired) electrons. The molecule has 51 heavy (non-hydrogen) atoms. The van der Waals surface area contributed by atoms with Crippen LogP contribution in [0, 0.1) is 0 Å². The van der Waals surface area contributed by atoms with Gasteiger partial charge in [-0.3, -0.25) is 0 Å². The fraction of sp³-hybridized carbons (Fsp3) is 0.0488. The van der Waals surface area contributed by atoms with Crippen LogP contribution in [-0.2, 0) is 0 Å². The summed E-state index contributed by atoms with van der Waals surface area (Å²) in [7, 11) is 0. The summed E-state index contributed by atoms with van der Waals surface area (Å²) in [6.07, 6.45) is 4.39. The number of hydrogen-bond donors (Lipinski definition) is 0. The van der Waals surface area contributed by atoms with Crippen molar-refractivity contribution in [2.45, 2.75) is 6.10 Å². The van der Waals surface area contributed by atoms with Crippen LogP contribution in [0.1, 0.15) is 11.7 Å². The molecule has 10 rings (SSSR count). The minimum Gasteiger partial charge on any atom is -0.485 e. The summed E-state index contributed by atoms with van der Waals surface area (Å²) in [5.41, 5.74) is 4.20. The maximum atomic E-state index is 14.3. The molecule has 242 valence electrons. The van der Waals surface area contributed by atoms with Gasteiger partial charge in [0.1, 0.15) is 17.9 Å². The fourth-order valence-electron chi connectivity index (χ4n) is 6.87. The summed E-state index contributed by atoms with van der Waals surface area (Å²) in [4.78, 5) is 33.7. The van der Waals surface area contributed by atoms with Gasteiger partial charge >= 0.3 is 5.63 Å². The van der Waals surface area contributed by atoms with E-state index in [1.165, 1.54) is 0 Å². The molecule has 0 spiro atoms. The molecular formula is C41H24N6O4. The zero-order chi connectivity index (χ0) is 33.9. The van der Waals surface area contributed by atoms with Crippen LogP contribution in [0.2, 0.25) is 0 Å². The predicted octanol–water partition coefficient (Wildman–Crippen LogP) is 8.14. The fourth-order valence-corrected chi connectivity index (χ4v) is 6.87. The first-order valence-electron chi connectivity index (χ1n) is 16.4. The van der Waals surface area contributed by atoms with Crippen molar-refractivity contribution in [2.75, 3.05) is 6.61 Å². The van der Waals surface area contributed by atoms with E-state index < -0.39 is 11.7 Å².